The molecule has 1 aliphatic rings. The van der Waals surface area contributed by atoms with Gasteiger partial charge < -0.3 is 15.5 Å². The summed E-state index contributed by atoms with van der Waals surface area (Å²) in [6.07, 6.45) is 0.614. The van der Waals surface area contributed by atoms with Crippen LogP contribution in [-0.4, -0.2) is 24.1 Å². The lowest BCUT2D eigenvalue weighted by molar-refractivity contribution is -0.137. The summed E-state index contributed by atoms with van der Waals surface area (Å²) in [5, 5.41) is 5.34. The summed E-state index contributed by atoms with van der Waals surface area (Å²) in [6, 6.07) is 3.60. The van der Waals surface area contributed by atoms with Crippen molar-refractivity contribution in [2.24, 2.45) is 0 Å². The minimum absolute atomic E-state index is 0.0173. The van der Waals surface area contributed by atoms with E-state index in [4.69, 9.17) is 12.2 Å². The molecule has 0 atom stereocenters. The number of hydrogen-bond donors (Lipinski definition) is 2. The van der Waals surface area contributed by atoms with Crippen molar-refractivity contribution in [1.82, 2.24) is 5.32 Å². The van der Waals surface area contributed by atoms with Gasteiger partial charge in [0, 0.05) is 19.5 Å². The number of nitrogens with zero attached hydrogens (tertiary/aromatic N) is 1. The summed E-state index contributed by atoms with van der Waals surface area (Å²) in [5.74, 6) is -0.240. The molecule has 0 aromatic heterocycles. The molecule has 0 aliphatic carbocycles. The summed E-state index contributed by atoms with van der Waals surface area (Å²) >= 11 is 5.12. The van der Waals surface area contributed by atoms with Gasteiger partial charge in [-0.05, 0) is 56.1 Å². The third-order valence-corrected chi connectivity index (χ3v) is 4.48. The Morgan fingerprint density at radius 2 is 1.92 bits per heavy atom. The SMILES string of the molecule is CCCCC(=O)NC(=S)Nc1cc(C(F)(F)F)ccc1N1CCCCC1. The maximum atomic E-state index is 13.1. The van der Waals surface area contributed by atoms with E-state index in [-0.39, 0.29) is 16.7 Å². The van der Waals surface area contributed by atoms with Gasteiger partial charge in [0.05, 0.1) is 16.9 Å². The van der Waals surface area contributed by atoms with Crippen LogP contribution in [0.1, 0.15) is 51.0 Å². The third kappa shape index (κ3) is 5.86. The highest BCUT2D eigenvalue weighted by molar-refractivity contribution is 7.80. The highest BCUT2D eigenvalue weighted by Crippen LogP contribution is 2.36. The number of amides is 1. The zero-order valence-corrected chi connectivity index (χ0v) is 15.6. The van der Waals surface area contributed by atoms with Gasteiger partial charge in [-0.1, -0.05) is 13.3 Å². The smallest absolute Gasteiger partial charge is 0.370 e. The molecule has 0 spiro atoms. The van der Waals surface area contributed by atoms with E-state index in [9.17, 15) is 18.0 Å². The normalized spacial score (nSPS) is 14.8. The summed E-state index contributed by atoms with van der Waals surface area (Å²) in [4.78, 5) is 13.8. The number of carbonyl (C=O) groups excluding carboxylic acids is 1. The van der Waals surface area contributed by atoms with Crippen LogP contribution in [0.4, 0.5) is 24.5 Å². The summed E-state index contributed by atoms with van der Waals surface area (Å²) in [5.41, 5.74) is 0.186. The van der Waals surface area contributed by atoms with Crippen molar-refractivity contribution in [2.75, 3.05) is 23.3 Å². The van der Waals surface area contributed by atoms with E-state index < -0.39 is 11.7 Å². The van der Waals surface area contributed by atoms with Crippen LogP contribution < -0.4 is 15.5 Å². The first-order valence-electron chi connectivity index (χ1n) is 8.88. The number of nitrogens with one attached hydrogen (secondary N) is 2. The van der Waals surface area contributed by atoms with Crippen molar-refractivity contribution in [3.05, 3.63) is 23.8 Å². The Balaban J connectivity index is 2.19. The first-order chi connectivity index (χ1) is 12.3. The minimum atomic E-state index is -4.44. The maximum Gasteiger partial charge on any atom is 0.416 e. The largest absolute Gasteiger partial charge is 0.416 e. The summed E-state index contributed by atoms with van der Waals surface area (Å²) in [7, 11) is 0. The van der Waals surface area contributed by atoms with Crippen LogP contribution in [0, 0.1) is 0 Å². The molecule has 144 valence electrons. The van der Waals surface area contributed by atoms with Crippen molar-refractivity contribution < 1.29 is 18.0 Å². The fraction of sp³-hybridized carbons (Fsp3) is 0.556. The number of carbonyl (C=O) groups is 1. The van der Waals surface area contributed by atoms with Gasteiger partial charge in [0.2, 0.25) is 5.91 Å². The monoisotopic (exact) mass is 387 g/mol. The first kappa shape index (κ1) is 20.5. The van der Waals surface area contributed by atoms with E-state index in [0.29, 0.717) is 12.1 Å². The zero-order chi connectivity index (χ0) is 19.2. The van der Waals surface area contributed by atoms with Gasteiger partial charge >= 0.3 is 6.18 Å². The molecule has 4 nitrogen and oxygen atoms in total. The number of alkyl halides is 3. The van der Waals surface area contributed by atoms with E-state index in [2.05, 4.69) is 10.6 Å². The van der Waals surface area contributed by atoms with Gasteiger partial charge in [-0.2, -0.15) is 13.2 Å². The van der Waals surface area contributed by atoms with Gasteiger partial charge in [-0.25, -0.2) is 0 Å². The number of halogens is 3. The van der Waals surface area contributed by atoms with Crippen LogP contribution in [0.3, 0.4) is 0 Å². The van der Waals surface area contributed by atoms with Crippen LogP contribution in [0.5, 0.6) is 0 Å². The molecule has 0 bridgehead atoms. The highest BCUT2D eigenvalue weighted by atomic mass is 32.1. The number of piperidine rings is 1. The van der Waals surface area contributed by atoms with E-state index >= 15 is 0 Å². The molecule has 1 aliphatic heterocycles. The molecule has 1 saturated heterocycles. The second kappa shape index (κ2) is 9.21. The number of benzene rings is 1. The minimum Gasteiger partial charge on any atom is -0.370 e. The van der Waals surface area contributed by atoms with Crippen molar-refractivity contribution in [3.8, 4) is 0 Å². The lowest BCUT2D eigenvalue weighted by Crippen LogP contribution is -2.35. The lowest BCUT2D eigenvalue weighted by atomic mass is 10.1. The Kier molecular flexibility index (Phi) is 7.25. The van der Waals surface area contributed by atoms with E-state index in [0.717, 1.165) is 57.3 Å². The molecule has 0 radical (unpaired) electrons. The fourth-order valence-corrected chi connectivity index (χ4v) is 3.13. The number of rotatable bonds is 5. The molecule has 0 saturated carbocycles. The number of anilines is 2. The van der Waals surface area contributed by atoms with Crippen LogP contribution in [-0.2, 0) is 11.0 Å². The molecule has 8 heteroatoms. The predicted molar refractivity (Wildman–Crippen MR) is 101 cm³/mol. The highest BCUT2D eigenvalue weighted by Gasteiger charge is 2.31. The van der Waals surface area contributed by atoms with Gasteiger partial charge in [0.1, 0.15) is 0 Å². The standard InChI is InChI=1S/C18H24F3N3OS/c1-2-3-7-16(25)23-17(26)22-14-12-13(18(19,20)21)8-9-15(14)24-10-5-4-6-11-24/h8-9,12H,2-7,10-11H2,1H3,(H2,22,23,25,26). The van der Waals surface area contributed by atoms with Crippen molar-refractivity contribution >= 4 is 34.6 Å². The fourth-order valence-electron chi connectivity index (χ4n) is 2.90. The number of thiocarbonyl (C=S) groups is 1. The Morgan fingerprint density at radius 3 is 2.54 bits per heavy atom. The van der Waals surface area contributed by atoms with Crippen molar-refractivity contribution in [3.63, 3.8) is 0 Å². The van der Waals surface area contributed by atoms with Crippen LogP contribution in [0.15, 0.2) is 18.2 Å². The van der Waals surface area contributed by atoms with Gasteiger partial charge in [-0.15, -0.1) is 0 Å². The molecular weight excluding hydrogens is 363 g/mol. The van der Waals surface area contributed by atoms with Gasteiger partial charge in [0.15, 0.2) is 5.11 Å². The Morgan fingerprint density at radius 1 is 1.23 bits per heavy atom. The molecule has 2 rings (SSSR count). The Labute approximate surface area is 157 Å². The molecule has 0 unspecified atom stereocenters. The molecule has 1 aromatic rings. The molecule has 1 fully saturated rings. The van der Waals surface area contributed by atoms with Gasteiger partial charge in [-0.3, -0.25) is 4.79 Å². The van der Waals surface area contributed by atoms with Crippen LogP contribution in [0.25, 0.3) is 0 Å². The molecule has 26 heavy (non-hydrogen) atoms. The average Bonchev–Trinajstić information content (AvgIpc) is 2.59. The average molecular weight is 387 g/mol. The Bertz CT molecular complexity index is 643. The lowest BCUT2D eigenvalue weighted by Gasteiger charge is -2.31. The van der Waals surface area contributed by atoms with Crippen LogP contribution in [0.2, 0.25) is 0 Å². The molecule has 1 aromatic carbocycles. The molecular formula is C18H24F3N3OS. The van der Waals surface area contributed by atoms with Gasteiger partial charge in [0.25, 0.3) is 0 Å². The number of unbranched alkanes of at least 4 members (excludes halogenated alkanes) is 1. The predicted octanol–water partition coefficient (Wildman–Crippen LogP) is 4.70. The summed E-state index contributed by atoms with van der Waals surface area (Å²) in [6.45, 7) is 3.54. The molecule has 2 N–H and O–H groups in total. The molecule has 1 amide bonds. The molecule has 1 heterocycles. The number of hydrogen-bond acceptors (Lipinski definition) is 3. The second-order valence-corrected chi connectivity index (χ2v) is 6.79. The van der Waals surface area contributed by atoms with Crippen molar-refractivity contribution in [1.29, 1.82) is 0 Å². The Hall–Kier alpha value is -1.83. The van der Waals surface area contributed by atoms with Crippen molar-refractivity contribution in [2.45, 2.75) is 51.6 Å². The van der Waals surface area contributed by atoms with Crippen LogP contribution >= 0.6 is 12.2 Å². The zero-order valence-electron chi connectivity index (χ0n) is 14.8. The maximum absolute atomic E-state index is 13.1. The van der Waals surface area contributed by atoms with E-state index in [1.807, 2.05) is 11.8 Å². The summed E-state index contributed by atoms with van der Waals surface area (Å²) < 4.78 is 39.3. The topological polar surface area (TPSA) is 44.4 Å². The quantitative estimate of drug-likeness (QED) is 0.719. The third-order valence-electron chi connectivity index (χ3n) is 4.28. The second-order valence-electron chi connectivity index (χ2n) is 6.38. The van der Waals surface area contributed by atoms with E-state index in [1.165, 1.54) is 6.07 Å². The van der Waals surface area contributed by atoms with E-state index in [1.54, 1.807) is 0 Å². The first-order valence-corrected chi connectivity index (χ1v) is 9.29.